The van der Waals surface area contributed by atoms with Gasteiger partial charge in [-0.25, -0.2) is 13.6 Å². The molecule has 1 heterocycles. The molecule has 0 atom stereocenters. The predicted octanol–water partition coefficient (Wildman–Crippen LogP) is 3.88. The molecular weight excluding hydrogens is 292 g/mol. The molecule has 2 aromatic rings. The summed E-state index contributed by atoms with van der Waals surface area (Å²) in [5.41, 5.74) is 1.22. The summed E-state index contributed by atoms with van der Waals surface area (Å²) in [7, 11) is 0. The van der Waals surface area contributed by atoms with E-state index in [0.29, 0.717) is 17.3 Å². The summed E-state index contributed by atoms with van der Waals surface area (Å²) in [5.74, 6) is -0.622. The number of benzene rings is 2. The Balaban J connectivity index is 1.69. The van der Waals surface area contributed by atoms with E-state index in [1.54, 1.807) is 18.2 Å². The lowest BCUT2D eigenvalue weighted by atomic mass is 10.2. The molecule has 0 bridgehead atoms. The van der Waals surface area contributed by atoms with E-state index in [9.17, 15) is 13.6 Å². The zero-order valence-corrected chi connectivity index (χ0v) is 11.2. The average molecular weight is 303 g/mol. The van der Waals surface area contributed by atoms with Crippen molar-refractivity contribution in [1.82, 2.24) is 0 Å². The lowest BCUT2D eigenvalue weighted by Gasteiger charge is -2.08. The Hall–Kier alpha value is -3.09. The maximum absolute atomic E-state index is 13.0. The smallest absolute Gasteiger partial charge is 0.323 e. The second-order valence-corrected chi connectivity index (χ2v) is 4.60. The lowest BCUT2D eigenvalue weighted by molar-refractivity contribution is 0.262. The van der Waals surface area contributed by atoms with Gasteiger partial charge >= 0.3 is 6.03 Å². The lowest BCUT2D eigenvalue weighted by Crippen LogP contribution is -2.19. The van der Waals surface area contributed by atoms with Crippen LogP contribution < -0.4 is 20.7 Å². The highest BCUT2D eigenvalue weighted by molar-refractivity contribution is 6.00. The van der Waals surface area contributed by atoms with Gasteiger partial charge in [0.05, 0.1) is 5.69 Å². The number of rotatable bonds is 2. The van der Waals surface area contributed by atoms with E-state index < -0.39 is 17.7 Å². The topological polar surface area (TPSA) is 62.4 Å². The molecule has 0 saturated heterocycles. The summed E-state index contributed by atoms with van der Waals surface area (Å²) in [6.07, 6.45) is 0. The number of hydrogen-bond acceptors (Lipinski definition) is 3. The quantitative estimate of drug-likeness (QED) is 0.789. The molecule has 7 heteroatoms. The zero-order valence-electron chi connectivity index (χ0n) is 11.2. The molecule has 2 aromatic carbocycles. The minimum atomic E-state index is -0.772. The van der Waals surface area contributed by atoms with Crippen LogP contribution in [-0.4, -0.2) is 6.03 Å². The Labute approximate surface area is 124 Å². The van der Waals surface area contributed by atoms with Gasteiger partial charge in [-0.3, -0.25) is 0 Å². The molecule has 0 saturated carbocycles. The van der Waals surface area contributed by atoms with Crippen molar-refractivity contribution < 1.29 is 18.3 Å². The number of anilines is 3. The van der Waals surface area contributed by atoms with E-state index in [4.69, 9.17) is 4.74 Å². The van der Waals surface area contributed by atoms with Gasteiger partial charge in [0.15, 0.2) is 11.6 Å². The third-order valence-electron chi connectivity index (χ3n) is 2.87. The molecule has 0 fully saturated rings. The van der Waals surface area contributed by atoms with Crippen LogP contribution in [0.4, 0.5) is 30.6 Å². The van der Waals surface area contributed by atoms with Gasteiger partial charge in [0, 0.05) is 23.5 Å². The van der Waals surface area contributed by atoms with Gasteiger partial charge in [-0.2, -0.15) is 0 Å². The van der Waals surface area contributed by atoms with Crippen molar-refractivity contribution in [3.05, 3.63) is 60.5 Å². The summed E-state index contributed by atoms with van der Waals surface area (Å²) in [6.45, 7) is 3.63. The van der Waals surface area contributed by atoms with Crippen LogP contribution in [0.5, 0.6) is 5.75 Å². The maximum atomic E-state index is 13.0. The van der Waals surface area contributed by atoms with Crippen LogP contribution in [0.15, 0.2) is 48.9 Å². The molecule has 1 aliphatic heterocycles. The number of carbonyl (C=O) groups is 1. The maximum Gasteiger partial charge on any atom is 0.323 e. The van der Waals surface area contributed by atoms with E-state index in [2.05, 4.69) is 22.5 Å². The molecule has 2 amide bonds. The third-order valence-corrected chi connectivity index (χ3v) is 2.87. The molecule has 1 aliphatic rings. The number of ether oxygens (including phenoxy) is 1. The van der Waals surface area contributed by atoms with Gasteiger partial charge in [0.2, 0.25) is 0 Å². The SMILES string of the molecule is C=C1Nc2ccc(NC(=O)Nc3cc(F)cc(F)c3)cc2O1. The minimum absolute atomic E-state index is 0.0162. The Morgan fingerprint density at radius 2 is 1.73 bits per heavy atom. The first-order chi connectivity index (χ1) is 10.5. The fourth-order valence-corrected chi connectivity index (χ4v) is 2.02. The third kappa shape index (κ3) is 2.98. The molecule has 0 unspecified atom stereocenters. The van der Waals surface area contributed by atoms with Crippen molar-refractivity contribution in [1.29, 1.82) is 0 Å². The number of halogens is 2. The minimum Gasteiger partial charge on any atom is -0.439 e. The highest BCUT2D eigenvalue weighted by Crippen LogP contribution is 2.35. The van der Waals surface area contributed by atoms with Gasteiger partial charge in [-0.1, -0.05) is 0 Å². The van der Waals surface area contributed by atoms with Crippen LogP contribution in [0.1, 0.15) is 0 Å². The number of amides is 2. The van der Waals surface area contributed by atoms with Crippen LogP contribution in [0.25, 0.3) is 0 Å². The first-order valence-electron chi connectivity index (χ1n) is 6.31. The van der Waals surface area contributed by atoms with E-state index in [0.717, 1.165) is 23.9 Å². The summed E-state index contributed by atoms with van der Waals surface area (Å²) in [5, 5.41) is 7.79. The fraction of sp³-hybridized carbons (Fsp3) is 0. The Kier molecular flexibility index (Phi) is 3.38. The monoisotopic (exact) mass is 303 g/mol. The first kappa shape index (κ1) is 13.9. The molecule has 3 rings (SSSR count). The fourth-order valence-electron chi connectivity index (χ4n) is 2.02. The van der Waals surface area contributed by atoms with Crippen LogP contribution in [0, 0.1) is 11.6 Å². The van der Waals surface area contributed by atoms with Crippen molar-refractivity contribution in [2.45, 2.75) is 0 Å². The van der Waals surface area contributed by atoms with Gasteiger partial charge in [0.25, 0.3) is 0 Å². The molecule has 0 aromatic heterocycles. The number of nitrogens with one attached hydrogen (secondary N) is 3. The molecule has 0 spiro atoms. The van der Waals surface area contributed by atoms with E-state index in [1.807, 2.05) is 0 Å². The summed E-state index contributed by atoms with van der Waals surface area (Å²) in [4.78, 5) is 11.8. The first-order valence-corrected chi connectivity index (χ1v) is 6.31. The summed E-state index contributed by atoms with van der Waals surface area (Å²) >= 11 is 0. The van der Waals surface area contributed by atoms with Crippen LogP contribution in [-0.2, 0) is 0 Å². The van der Waals surface area contributed by atoms with E-state index in [-0.39, 0.29) is 5.69 Å². The van der Waals surface area contributed by atoms with Crippen LogP contribution in [0.2, 0.25) is 0 Å². The molecule has 112 valence electrons. The number of fused-ring (bicyclic) bond motifs is 1. The van der Waals surface area contributed by atoms with Crippen molar-refractivity contribution >= 4 is 23.1 Å². The van der Waals surface area contributed by atoms with Crippen molar-refractivity contribution in [3.8, 4) is 5.75 Å². The van der Waals surface area contributed by atoms with Crippen molar-refractivity contribution in [2.75, 3.05) is 16.0 Å². The number of carbonyl (C=O) groups excluding carboxylic acids is 1. The molecule has 5 nitrogen and oxygen atoms in total. The Morgan fingerprint density at radius 1 is 1.05 bits per heavy atom. The second kappa shape index (κ2) is 5.36. The van der Waals surface area contributed by atoms with E-state index in [1.165, 1.54) is 0 Å². The van der Waals surface area contributed by atoms with Crippen LogP contribution in [0.3, 0.4) is 0 Å². The number of urea groups is 1. The Bertz CT molecular complexity index is 757. The Morgan fingerprint density at radius 3 is 2.45 bits per heavy atom. The molecule has 0 aliphatic carbocycles. The predicted molar refractivity (Wildman–Crippen MR) is 78.8 cm³/mol. The summed E-state index contributed by atoms with van der Waals surface area (Å²) < 4.78 is 31.4. The molecular formula is C15H11F2N3O2. The standard InChI is InChI=1S/C15H11F2N3O2/c1-8-18-13-3-2-11(7-14(13)22-8)19-15(21)20-12-5-9(16)4-10(17)6-12/h2-7,18H,1H2,(H2,19,20,21). The molecule has 3 N–H and O–H groups in total. The highest BCUT2D eigenvalue weighted by atomic mass is 19.1. The normalized spacial score (nSPS) is 12.2. The van der Waals surface area contributed by atoms with Gasteiger partial charge < -0.3 is 20.7 Å². The van der Waals surface area contributed by atoms with Crippen molar-refractivity contribution in [3.63, 3.8) is 0 Å². The van der Waals surface area contributed by atoms with Gasteiger partial charge in [-0.15, -0.1) is 0 Å². The van der Waals surface area contributed by atoms with E-state index >= 15 is 0 Å². The largest absolute Gasteiger partial charge is 0.439 e. The zero-order chi connectivity index (χ0) is 15.7. The molecule has 22 heavy (non-hydrogen) atoms. The number of hydrogen-bond donors (Lipinski definition) is 3. The second-order valence-electron chi connectivity index (χ2n) is 4.60. The molecule has 0 radical (unpaired) electrons. The van der Waals surface area contributed by atoms with Crippen LogP contribution >= 0.6 is 0 Å². The van der Waals surface area contributed by atoms with Crippen molar-refractivity contribution in [2.24, 2.45) is 0 Å². The van der Waals surface area contributed by atoms with Gasteiger partial charge in [0.1, 0.15) is 11.6 Å². The average Bonchev–Trinajstić information content (AvgIpc) is 2.76. The highest BCUT2D eigenvalue weighted by Gasteiger charge is 2.15. The summed E-state index contributed by atoms with van der Waals surface area (Å²) in [6, 6.07) is 7.09. The van der Waals surface area contributed by atoms with Gasteiger partial charge in [-0.05, 0) is 30.8 Å².